The number of benzene rings is 3. The van der Waals surface area contributed by atoms with Crippen LogP contribution in [0.15, 0.2) is 72.8 Å². The van der Waals surface area contributed by atoms with Gasteiger partial charge in [0.1, 0.15) is 11.4 Å². The van der Waals surface area contributed by atoms with E-state index >= 15 is 0 Å². The molecule has 0 spiro atoms. The Labute approximate surface area is 178 Å². The summed E-state index contributed by atoms with van der Waals surface area (Å²) in [4.78, 5) is 2.29. The van der Waals surface area contributed by atoms with Crippen LogP contribution in [0, 0.1) is 12.7 Å². The molecule has 1 unspecified atom stereocenters. The van der Waals surface area contributed by atoms with Crippen LogP contribution in [0.2, 0.25) is 0 Å². The van der Waals surface area contributed by atoms with Crippen LogP contribution >= 0.6 is 12.4 Å². The summed E-state index contributed by atoms with van der Waals surface area (Å²) in [6.07, 6.45) is 1.18. The van der Waals surface area contributed by atoms with E-state index in [0.29, 0.717) is 24.9 Å². The van der Waals surface area contributed by atoms with E-state index in [9.17, 15) is 9.50 Å². The van der Waals surface area contributed by atoms with Gasteiger partial charge in [-0.1, -0.05) is 66.7 Å². The monoisotopic (exact) mass is 411 g/mol. The van der Waals surface area contributed by atoms with Gasteiger partial charge in [0, 0.05) is 26.1 Å². The first-order valence-electron chi connectivity index (χ1n) is 9.86. The fourth-order valence-corrected chi connectivity index (χ4v) is 4.20. The van der Waals surface area contributed by atoms with Crippen LogP contribution in [-0.2, 0) is 18.6 Å². The highest BCUT2D eigenvalue weighted by Gasteiger charge is 2.38. The second kappa shape index (κ2) is 9.08. The Morgan fingerprint density at radius 3 is 2.45 bits per heavy atom. The van der Waals surface area contributed by atoms with Crippen LogP contribution in [0.3, 0.4) is 0 Å². The molecule has 0 amide bonds. The fourth-order valence-electron chi connectivity index (χ4n) is 4.20. The van der Waals surface area contributed by atoms with Crippen molar-refractivity contribution in [3.05, 3.63) is 106 Å². The first-order chi connectivity index (χ1) is 13.5. The normalized spacial score (nSPS) is 19.1. The van der Waals surface area contributed by atoms with Crippen molar-refractivity contribution in [2.24, 2.45) is 0 Å². The van der Waals surface area contributed by atoms with E-state index in [1.165, 1.54) is 5.56 Å². The fraction of sp³-hybridized carbons (Fsp3) is 0.280. The predicted octanol–water partition coefficient (Wildman–Crippen LogP) is 5.24. The highest BCUT2D eigenvalue weighted by Crippen LogP contribution is 2.35. The topological polar surface area (TPSA) is 23.5 Å². The Bertz CT molecular complexity index is 962. The van der Waals surface area contributed by atoms with E-state index in [1.54, 1.807) is 6.07 Å². The molecule has 1 N–H and O–H groups in total. The molecule has 1 aliphatic rings. The lowest BCUT2D eigenvalue weighted by Gasteiger charge is -2.27. The summed E-state index contributed by atoms with van der Waals surface area (Å²) in [7, 11) is 0. The SMILES string of the molecule is Cc1ccc(Cc2ccccc2C2(O)CCN(Cc3ccccc3)C2)c(F)c1.Cl. The Hall–Kier alpha value is -2.20. The lowest BCUT2D eigenvalue weighted by atomic mass is 9.86. The minimum absolute atomic E-state index is 0. The van der Waals surface area contributed by atoms with Crippen LogP contribution in [-0.4, -0.2) is 23.1 Å². The molecule has 0 aromatic heterocycles. The average Bonchev–Trinajstić information content (AvgIpc) is 3.07. The van der Waals surface area contributed by atoms with Gasteiger partial charge in [-0.2, -0.15) is 0 Å². The van der Waals surface area contributed by atoms with Crippen molar-refractivity contribution in [3.63, 3.8) is 0 Å². The summed E-state index contributed by atoms with van der Waals surface area (Å²) in [5.74, 6) is -0.182. The molecule has 0 saturated carbocycles. The molecule has 1 fully saturated rings. The summed E-state index contributed by atoms with van der Waals surface area (Å²) in [6, 6.07) is 23.6. The molecule has 0 aliphatic carbocycles. The quantitative estimate of drug-likeness (QED) is 0.620. The predicted molar refractivity (Wildman–Crippen MR) is 118 cm³/mol. The molecule has 0 bridgehead atoms. The first-order valence-corrected chi connectivity index (χ1v) is 9.86. The maximum atomic E-state index is 14.4. The minimum atomic E-state index is -0.896. The summed E-state index contributed by atoms with van der Waals surface area (Å²) < 4.78 is 14.4. The van der Waals surface area contributed by atoms with Gasteiger partial charge in [0.25, 0.3) is 0 Å². The lowest BCUT2D eigenvalue weighted by molar-refractivity contribution is 0.0445. The number of halogens is 2. The first kappa shape index (κ1) is 21.5. The third kappa shape index (κ3) is 4.87. The largest absolute Gasteiger partial charge is 0.384 e. The molecule has 1 saturated heterocycles. The lowest BCUT2D eigenvalue weighted by Crippen LogP contribution is -2.31. The van der Waals surface area contributed by atoms with Gasteiger partial charge in [0.15, 0.2) is 0 Å². The molecule has 4 heteroatoms. The van der Waals surface area contributed by atoms with Crippen molar-refractivity contribution in [3.8, 4) is 0 Å². The molecular formula is C25H27ClFNO. The van der Waals surface area contributed by atoms with Gasteiger partial charge in [-0.3, -0.25) is 4.90 Å². The van der Waals surface area contributed by atoms with Gasteiger partial charge < -0.3 is 5.11 Å². The van der Waals surface area contributed by atoms with Gasteiger partial charge >= 0.3 is 0 Å². The van der Waals surface area contributed by atoms with E-state index in [0.717, 1.165) is 29.8 Å². The molecule has 4 rings (SSSR count). The number of aryl methyl sites for hydroxylation is 1. The highest BCUT2D eigenvalue weighted by molar-refractivity contribution is 5.85. The molecule has 29 heavy (non-hydrogen) atoms. The average molecular weight is 412 g/mol. The minimum Gasteiger partial charge on any atom is -0.384 e. The second-order valence-corrected chi connectivity index (χ2v) is 7.91. The molecule has 1 aliphatic heterocycles. The van der Waals surface area contributed by atoms with Crippen LogP contribution in [0.1, 0.15) is 34.2 Å². The molecule has 1 heterocycles. The Morgan fingerprint density at radius 1 is 0.966 bits per heavy atom. The number of hydrogen-bond acceptors (Lipinski definition) is 2. The molecule has 3 aromatic carbocycles. The third-order valence-electron chi connectivity index (χ3n) is 5.68. The van der Waals surface area contributed by atoms with Gasteiger partial charge in [-0.05, 0) is 47.2 Å². The Morgan fingerprint density at radius 2 is 1.69 bits per heavy atom. The number of hydrogen-bond donors (Lipinski definition) is 1. The molecule has 2 nitrogen and oxygen atoms in total. The van der Waals surface area contributed by atoms with Gasteiger partial charge in [-0.25, -0.2) is 4.39 Å². The zero-order valence-corrected chi connectivity index (χ0v) is 17.5. The molecule has 1 atom stereocenters. The number of aliphatic hydroxyl groups is 1. The van der Waals surface area contributed by atoms with Crippen LogP contribution in [0.5, 0.6) is 0 Å². The molecule has 3 aromatic rings. The van der Waals surface area contributed by atoms with Gasteiger partial charge in [-0.15, -0.1) is 12.4 Å². The molecule has 0 radical (unpaired) electrons. The second-order valence-electron chi connectivity index (χ2n) is 7.91. The Kier molecular flexibility index (Phi) is 6.74. The third-order valence-corrected chi connectivity index (χ3v) is 5.68. The van der Waals surface area contributed by atoms with Crippen LogP contribution < -0.4 is 0 Å². The van der Waals surface area contributed by atoms with Crippen molar-refractivity contribution < 1.29 is 9.50 Å². The number of rotatable bonds is 5. The van der Waals surface area contributed by atoms with E-state index in [-0.39, 0.29) is 18.2 Å². The van der Waals surface area contributed by atoms with Crippen molar-refractivity contribution in [2.75, 3.05) is 13.1 Å². The van der Waals surface area contributed by atoms with E-state index in [4.69, 9.17) is 0 Å². The van der Waals surface area contributed by atoms with Gasteiger partial charge in [0.2, 0.25) is 0 Å². The zero-order valence-electron chi connectivity index (χ0n) is 16.6. The number of nitrogens with zero attached hydrogens (tertiary/aromatic N) is 1. The van der Waals surface area contributed by atoms with Crippen LogP contribution in [0.4, 0.5) is 4.39 Å². The highest BCUT2D eigenvalue weighted by atomic mass is 35.5. The summed E-state index contributed by atoms with van der Waals surface area (Å²) >= 11 is 0. The molecular weight excluding hydrogens is 385 g/mol. The number of likely N-dealkylation sites (tertiary alicyclic amines) is 1. The zero-order chi connectivity index (χ0) is 19.6. The van der Waals surface area contributed by atoms with Crippen molar-refractivity contribution in [1.29, 1.82) is 0 Å². The Balaban J connectivity index is 0.00000240. The van der Waals surface area contributed by atoms with Crippen molar-refractivity contribution in [1.82, 2.24) is 4.90 Å². The van der Waals surface area contributed by atoms with Crippen LogP contribution in [0.25, 0.3) is 0 Å². The maximum absolute atomic E-state index is 14.4. The van der Waals surface area contributed by atoms with E-state index in [2.05, 4.69) is 17.0 Å². The van der Waals surface area contributed by atoms with E-state index in [1.807, 2.05) is 61.5 Å². The van der Waals surface area contributed by atoms with E-state index < -0.39 is 5.60 Å². The van der Waals surface area contributed by atoms with Crippen molar-refractivity contribution in [2.45, 2.75) is 31.9 Å². The van der Waals surface area contributed by atoms with Gasteiger partial charge in [0.05, 0.1) is 0 Å². The number of β-amino-alcohol motifs (C(OH)–C–C–N with tert-alkyl or cyclic N) is 1. The summed E-state index contributed by atoms with van der Waals surface area (Å²) in [5, 5.41) is 11.4. The smallest absolute Gasteiger partial charge is 0.126 e. The molecule has 152 valence electrons. The maximum Gasteiger partial charge on any atom is 0.126 e. The van der Waals surface area contributed by atoms with Crippen molar-refractivity contribution >= 4 is 12.4 Å². The summed E-state index contributed by atoms with van der Waals surface area (Å²) in [5.41, 5.74) is 3.86. The standard InChI is InChI=1S/C25H26FNO.ClH/c1-19-11-12-22(24(26)15-19)16-21-9-5-6-10-23(21)25(28)13-14-27(18-25)17-20-7-3-2-4-8-20;/h2-12,15,28H,13-14,16-18H2,1H3;1H. The summed E-state index contributed by atoms with van der Waals surface area (Å²) in [6.45, 7) is 4.16.